The number of likely N-dealkylation sites (tertiary alicyclic amines) is 1. The number of nitrogens with zero attached hydrogens (tertiary/aromatic N) is 1. The fourth-order valence-electron chi connectivity index (χ4n) is 3.81. The lowest BCUT2D eigenvalue weighted by molar-refractivity contribution is -0.128. The van der Waals surface area contributed by atoms with Gasteiger partial charge in [-0.1, -0.05) is 42.5 Å². The van der Waals surface area contributed by atoms with Gasteiger partial charge in [-0.25, -0.2) is 4.79 Å². The van der Waals surface area contributed by atoms with Gasteiger partial charge in [0, 0.05) is 17.8 Å². The Morgan fingerprint density at radius 1 is 1.17 bits per heavy atom. The van der Waals surface area contributed by atoms with E-state index in [1.54, 1.807) is 6.07 Å². The lowest BCUT2D eigenvalue weighted by Crippen LogP contribution is -2.33. The largest absolute Gasteiger partial charge is 0.477 e. The first-order chi connectivity index (χ1) is 14.5. The normalized spacial score (nSPS) is 17.7. The van der Waals surface area contributed by atoms with Gasteiger partial charge in [0.25, 0.3) is 0 Å². The first kappa shape index (κ1) is 22.2. The Balaban J connectivity index is 1.42. The number of aromatic carboxylic acids is 1. The molecule has 0 bridgehead atoms. The second kappa shape index (κ2) is 11.1. The second-order valence-corrected chi connectivity index (χ2v) is 8.87. The van der Waals surface area contributed by atoms with Crippen LogP contribution in [-0.4, -0.2) is 45.7 Å². The van der Waals surface area contributed by atoms with Gasteiger partial charge in [-0.15, -0.1) is 11.3 Å². The zero-order valence-electron chi connectivity index (χ0n) is 17.1. The lowest BCUT2D eigenvalue weighted by Gasteiger charge is -2.22. The monoisotopic (exact) mass is 427 g/mol. The van der Waals surface area contributed by atoms with Crippen LogP contribution in [0.3, 0.4) is 0 Å². The van der Waals surface area contributed by atoms with Gasteiger partial charge in [0.1, 0.15) is 4.88 Å². The molecule has 1 aliphatic rings. The number of rotatable bonds is 11. The molecule has 2 aromatic rings. The van der Waals surface area contributed by atoms with E-state index in [2.05, 4.69) is 12.1 Å². The number of carboxylic acids is 1. The highest BCUT2D eigenvalue weighted by atomic mass is 32.1. The molecular weight excluding hydrogens is 398 g/mol. The number of carbonyl (C=O) groups excluding carboxylic acids is 1. The molecule has 1 aromatic carbocycles. The van der Waals surface area contributed by atoms with E-state index in [0.717, 1.165) is 37.0 Å². The molecule has 30 heavy (non-hydrogen) atoms. The van der Waals surface area contributed by atoms with Gasteiger partial charge in [0.15, 0.2) is 0 Å². The standard InChI is InChI=1S/C24H29NO4S/c26-20(9-4-8-18-6-2-1-3-7-18)13-11-19-12-16-23(27)25(19)17-5-10-21-14-15-22(30-21)24(28)29/h1-3,6-7,11,13-15,19-20,26H,4-5,8-10,12,16-17H2,(H,28,29)/b13-11+. The van der Waals surface area contributed by atoms with E-state index >= 15 is 0 Å². The van der Waals surface area contributed by atoms with Crippen molar-refractivity contribution in [3.63, 3.8) is 0 Å². The molecule has 3 rings (SSSR count). The number of thiophene rings is 1. The average Bonchev–Trinajstić information content (AvgIpc) is 3.35. The Bertz CT molecular complexity index is 861. The molecule has 5 nitrogen and oxygen atoms in total. The number of aliphatic hydroxyl groups is 1. The van der Waals surface area contributed by atoms with Crippen LogP contribution in [0.15, 0.2) is 54.6 Å². The van der Waals surface area contributed by atoms with Crippen LogP contribution in [0.25, 0.3) is 0 Å². The third-order valence-corrected chi connectivity index (χ3v) is 6.57. The van der Waals surface area contributed by atoms with E-state index in [9.17, 15) is 14.7 Å². The summed E-state index contributed by atoms with van der Waals surface area (Å²) in [4.78, 5) is 26.5. The molecule has 0 radical (unpaired) electrons. The minimum Gasteiger partial charge on any atom is -0.477 e. The van der Waals surface area contributed by atoms with Crippen molar-refractivity contribution in [1.82, 2.24) is 4.90 Å². The zero-order valence-corrected chi connectivity index (χ0v) is 17.9. The Morgan fingerprint density at radius 3 is 2.70 bits per heavy atom. The van der Waals surface area contributed by atoms with Crippen LogP contribution in [0.4, 0.5) is 0 Å². The van der Waals surface area contributed by atoms with Crippen molar-refractivity contribution in [2.45, 2.75) is 57.1 Å². The SMILES string of the molecule is O=C(O)c1ccc(CCCN2C(=O)CCC2/C=C/C(O)CCCc2ccccc2)s1. The van der Waals surface area contributed by atoms with E-state index in [1.165, 1.54) is 16.9 Å². The zero-order chi connectivity index (χ0) is 21.3. The molecule has 2 atom stereocenters. The maximum Gasteiger partial charge on any atom is 0.345 e. The molecule has 0 aliphatic carbocycles. The van der Waals surface area contributed by atoms with Gasteiger partial charge in [0.2, 0.25) is 5.91 Å². The summed E-state index contributed by atoms with van der Waals surface area (Å²) in [6, 6.07) is 13.8. The number of hydrogen-bond acceptors (Lipinski definition) is 4. The van der Waals surface area contributed by atoms with Gasteiger partial charge < -0.3 is 15.1 Å². The number of benzene rings is 1. The molecule has 1 aliphatic heterocycles. The minimum atomic E-state index is -0.895. The van der Waals surface area contributed by atoms with Crippen molar-refractivity contribution in [2.75, 3.05) is 6.54 Å². The van der Waals surface area contributed by atoms with E-state index in [1.807, 2.05) is 41.3 Å². The molecule has 2 heterocycles. The van der Waals surface area contributed by atoms with Crippen LogP contribution >= 0.6 is 11.3 Å². The van der Waals surface area contributed by atoms with Crippen LogP contribution in [0.5, 0.6) is 0 Å². The number of carboxylic acid groups (broad SMARTS) is 1. The number of carbonyl (C=O) groups is 2. The molecule has 1 saturated heterocycles. The summed E-state index contributed by atoms with van der Waals surface area (Å²) in [5.74, 6) is -0.742. The molecule has 2 N–H and O–H groups in total. The van der Waals surface area contributed by atoms with Crippen LogP contribution in [-0.2, 0) is 17.6 Å². The maximum absolute atomic E-state index is 12.2. The number of hydrogen-bond donors (Lipinski definition) is 2. The van der Waals surface area contributed by atoms with Gasteiger partial charge in [-0.3, -0.25) is 4.79 Å². The quantitative estimate of drug-likeness (QED) is 0.524. The first-order valence-corrected chi connectivity index (χ1v) is 11.4. The van der Waals surface area contributed by atoms with E-state index in [-0.39, 0.29) is 11.9 Å². The summed E-state index contributed by atoms with van der Waals surface area (Å²) in [7, 11) is 0. The highest BCUT2D eigenvalue weighted by Gasteiger charge is 2.28. The first-order valence-electron chi connectivity index (χ1n) is 10.5. The minimum absolute atomic E-state index is 0.0409. The average molecular weight is 428 g/mol. The topological polar surface area (TPSA) is 77.8 Å². The lowest BCUT2D eigenvalue weighted by atomic mass is 10.0. The third kappa shape index (κ3) is 6.54. The molecule has 160 valence electrons. The fourth-order valence-corrected chi connectivity index (χ4v) is 4.70. The Hall–Kier alpha value is -2.44. The molecule has 1 aromatic heterocycles. The van der Waals surface area contributed by atoms with Crippen LogP contribution < -0.4 is 0 Å². The Kier molecular flexibility index (Phi) is 8.22. The maximum atomic E-state index is 12.2. The van der Waals surface area contributed by atoms with Crippen molar-refractivity contribution in [3.05, 3.63) is 69.9 Å². The predicted molar refractivity (Wildman–Crippen MR) is 119 cm³/mol. The third-order valence-electron chi connectivity index (χ3n) is 5.43. The van der Waals surface area contributed by atoms with E-state index in [4.69, 9.17) is 5.11 Å². The summed E-state index contributed by atoms with van der Waals surface area (Å²) in [5, 5.41) is 19.3. The van der Waals surface area contributed by atoms with Crippen molar-refractivity contribution < 1.29 is 19.8 Å². The summed E-state index contributed by atoms with van der Waals surface area (Å²) < 4.78 is 0. The summed E-state index contributed by atoms with van der Waals surface area (Å²) in [6.07, 6.45) is 8.78. The van der Waals surface area contributed by atoms with Crippen molar-refractivity contribution in [1.29, 1.82) is 0 Å². The van der Waals surface area contributed by atoms with Gasteiger partial charge >= 0.3 is 5.97 Å². The Labute approximate surface area is 181 Å². The smallest absolute Gasteiger partial charge is 0.345 e. The number of amides is 1. The van der Waals surface area contributed by atoms with E-state index < -0.39 is 12.1 Å². The second-order valence-electron chi connectivity index (χ2n) is 7.70. The highest BCUT2D eigenvalue weighted by molar-refractivity contribution is 7.13. The number of aliphatic hydroxyl groups excluding tert-OH is 1. The molecule has 1 amide bonds. The Morgan fingerprint density at radius 2 is 1.97 bits per heavy atom. The van der Waals surface area contributed by atoms with Crippen LogP contribution in [0.2, 0.25) is 0 Å². The summed E-state index contributed by atoms with van der Waals surface area (Å²) >= 11 is 1.30. The van der Waals surface area contributed by atoms with Gasteiger partial charge in [0.05, 0.1) is 12.1 Å². The molecule has 0 saturated carbocycles. The molecule has 1 fully saturated rings. The summed E-state index contributed by atoms with van der Waals surface area (Å²) in [6.45, 7) is 0.651. The molecular formula is C24H29NO4S. The fraction of sp³-hybridized carbons (Fsp3) is 0.417. The number of aryl methyl sites for hydroxylation is 2. The van der Waals surface area contributed by atoms with Crippen LogP contribution in [0.1, 0.15) is 52.2 Å². The predicted octanol–water partition coefficient (Wildman–Crippen LogP) is 4.31. The summed E-state index contributed by atoms with van der Waals surface area (Å²) in [5.41, 5.74) is 1.28. The van der Waals surface area contributed by atoms with Gasteiger partial charge in [-0.05, 0) is 56.2 Å². The molecule has 0 spiro atoms. The van der Waals surface area contributed by atoms with E-state index in [0.29, 0.717) is 24.3 Å². The van der Waals surface area contributed by atoms with Gasteiger partial charge in [-0.2, -0.15) is 0 Å². The van der Waals surface area contributed by atoms with Crippen LogP contribution in [0, 0.1) is 0 Å². The van der Waals surface area contributed by atoms with Crippen molar-refractivity contribution in [3.8, 4) is 0 Å². The van der Waals surface area contributed by atoms with Crippen molar-refractivity contribution >= 4 is 23.2 Å². The molecule has 2 unspecified atom stereocenters. The molecule has 6 heteroatoms. The van der Waals surface area contributed by atoms with Crippen molar-refractivity contribution in [2.24, 2.45) is 0 Å². The highest BCUT2D eigenvalue weighted by Crippen LogP contribution is 2.23.